The first kappa shape index (κ1) is 15.1. The van der Waals surface area contributed by atoms with Crippen molar-refractivity contribution >= 4 is 5.91 Å². The molecule has 112 valence electrons. The molecule has 0 aliphatic heterocycles. The Labute approximate surface area is 124 Å². The molecule has 0 radical (unpaired) electrons. The molecule has 0 saturated carbocycles. The molecule has 21 heavy (non-hydrogen) atoms. The van der Waals surface area contributed by atoms with Gasteiger partial charge in [0.05, 0.1) is 19.2 Å². The van der Waals surface area contributed by atoms with E-state index < -0.39 is 0 Å². The number of benzene rings is 1. The summed E-state index contributed by atoms with van der Waals surface area (Å²) in [5, 5.41) is 6.60. The third-order valence-corrected chi connectivity index (χ3v) is 3.32. The molecule has 0 fully saturated rings. The molecule has 1 N–H and O–H groups in total. The van der Waals surface area contributed by atoms with E-state index in [2.05, 4.69) is 10.2 Å². The Morgan fingerprint density at radius 3 is 2.90 bits per heavy atom. The SMILES string of the molecule is Cc1ccc(C)c(OCCC(=O)N(C)Cc2cn[nH]c2)c1. The lowest BCUT2D eigenvalue weighted by Gasteiger charge is -2.16. The second-order valence-electron chi connectivity index (χ2n) is 5.22. The van der Waals surface area contributed by atoms with Crippen molar-refractivity contribution in [2.45, 2.75) is 26.8 Å². The van der Waals surface area contributed by atoms with E-state index in [0.29, 0.717) is 19.6 Å². The molecular formula is C16H21N3O2. The lowest BCUT2D eigenvalue weighted by atomic mass is 10.1. The van der Waals surface area contributed by atoms with Crippen molar-refractivity contribution in [1.29, 1.82) is 0 Å². The molecule has 0 aliphatic rings. The van der Waals surface area contributed by atoms with Crippen LogP contribution in [0.4, 0.5) is 0 Å². The van der Waals surface area contributed by atoms with Gasteiger partial charge in [0.2, 0.25) is 5.91 Å². The quantitative estimate of drug-likeness (QED) is 0.888. The van der Waals surface area contributed by atoms with Crippen molar-refractivity contribution in [3.8, 4) is 5.75 Å². The van der Waals surface area contributed by atoms with Gasteiger partial charge >= 0.3 is 0 Å². The van der Waals surface area contributed by atoms with E-state index in [0.717, 1.165) is 22.4 Å². The minimum atomic E-state index is 0.0570. The van der Waals surface area contributed by atoms with Gasteiger partial charge in [0.1, 0.15) is 5.75 Å². The zero-order chi connectivity index (χ0) is 15.2. The number of aryl methyl sites for hydroxylation is 2. The fourth-order valence-corrected chi connectivity index (χ4v) is 2.03. The first-order valence-electron chi connectivity index (χ1n) is 6.98. The van der Waals surface area contributed by atoms with Crippen molar-refractivity contribution in [3.63, 3.8) is 0 Å². The number of H-pyrrole nitrogens is 1. The third kappa shape index (κ3) is 4.34. The summed E-state index contributed by atoms with van der Waals surface area (Å²) in [5.41, 5.74) is 3.22. The topological polar surface area (TPSA) is 58.2 Å². The number of nitrogens with one attached hydrogen (secondary N) is 1. The smallest absolute Gasteiger partial charge is 0.226 e. The Balaban J connectivity index is 1.80. The minimum Gasteiger partial charge on any atom is -0.493 e. The van der Waals surface area contributed by atoms with Crippen molar-refractivity contribution in [3.05, 3.63) is 47.3 Å². The summed E-state index contributed by atoms with van der Waals surface area (Å²) >= 11 is 0. The molecule has 0 unspecified atom stereocenters. The van der Waals surface area contributed by atoms with Crippen LogP contribution in [-0.4, -0.2) is 34.7 Å². The monoisotopic (exact) mass is 287 g/mol. The summed E-state index contributed by atoms with van der Waals surface area (Å²) in [7, 11) is 1.78. The molecule has 1 aromatic carbocycles. The molecule has 0 saturated heterocycles. The van der Waals surface area contributed by atoms with Crippen LogP contribution in [0.5, 0.6) is 5.75 Å². The van der Waals surface area contributed by atoms with Crippen LogP contribution in [0.3, 0.4) is 0 Å². The average molecular weight is 287 g/mol. The van der Waals surface area contributed by atoms with E-state index in [4.69, 9.17) is 4.74 Å². The highest BCUT2D eigenvalue weighted by atomic mass is 16.5. The molecule has 0 aliphatic carbocycles. The van der Waals surface area contributed by atoms with Crippen molar-refractivity contribution in [1.82, 2.24) is 15.1 Å². The summed E-state index contributed by atoms with van der Waals surface area (Å²) in [6, 6.07) is 6.07. The van der Waals surface area contributed by atoms with Gasteiger partial charge in [-0.1, -0.05) is 12.1 Å². The minimum absolute atomic E-state index is 0.0570. The van der Waals surface area contributed by atoms with Crippen molar-refractivity contribution in [2.75, 3.05) is 13.7 Å². The lowest BCUT2D eigenvalue weighted by molar-refractivity contribution is -0.130. The average Bonchev–Trinajstić information content (AvgIpc) is 2.95. The van der Waals surface area contributed by atoms with E-state index >= 15 is 0 Å². The number of aromatic nitrogens is 2. The number of rotatable bonds is 6. The number of carbonyl (C=O) groups is 1. The molecular weight excluding hydrogens is 266 g/mol. The van der Waals surface area contributed by atoms with Crippen LogP contribution < -0.4 is 4.74 Å². The number of carbonyl (C=O) groups excluding carboxylic acids is 1. The summed E-state index contributed by atoms with van der Waals surface area (Å²) in [4.78, 5) is 13.7. The zero-order valence-electron chi connectivity index (χ0n) is 12.7. The first-order chi connectivity index (χ1) is 10.1. The van der Waals surface area contributed by atoms with Crippen molar-refractivity contribution < 1.29 is 9.53 Å². The predicted octanol–water partition coefficient (Wildman–Crippen LogP) is 2.45. The van der Waals surface area contributed by atoms with Crippen LogP contribution in [0, 0.1) is 13.8 Å². The summed E-state index contributed by atoms with van der Waals surface area (Å²) in [6.45, 7) is 4.97. The van der Waals surface area contributed by atoms with E-state index in [1.165, 1.54) is 0 Å². The summed E-state index contributed by atoms with van der Waals surface area (Å²) in [5.74, 6) is 0.904. The van der Waals surface area contributed by atoms with Gasteiger partial charge in [-0.15, -0.1) is 0 Å². The first-order valence-corrected chi connectivity index (χ1v) is 6.98. The van der Waals surface area contributed by atoms with E-state index in [-0.39, 0.29) is 5.91 Å². The molecule has 1 amide bonds. The normalized spacial score (nSPS) is 10.4. The number of amides is 1. The predicted molar refractivity (Wildman–Crippen MR) is 81.1 cm³/mol. The van der Waals surface area contributed by atoms with Gasteiger partial charge in [0, 0.05) is 25.4 Å². The maximum absolute atomic E-state index is 12.0. The molecule has 0 spiro atoms. The third-order valence-electron chi connectivity index (χ3n) is 3.32. The molecule has 1 aromatic heterocycles. The maximum atomic E-state index is 12.0. The van der Waals surface area contributed by atoms with Crippen LogP contribution in [0.2, 0.25) is 0 Å². The number of ether oxygens (including phenoxy) is 1. The fraction of sp³-hybridized carbons (Fsp3) is 0.375. The fourth-order valence-electron chi connectivity index (χ4n) is 2.03. The Morgan fingerprint density at radius 2 is 2.19 bits per heavy atom. The van der Waals surface area contributed by atoms with E-state index in [9.17, 15) is 4.79 Å². The number of nitrogens with zero attached hydrogens (tertiary/aromatic N) is 2. The van der Waals surface area contributed by atoms with E-state index in [1.807, 2.05) is 32.0 Å². The van der Waals surface area contributed by atoms with Gasteiger partial charge in [0.15, 0.2) is 0 Å². The molecule has 1 heterocycles. The standard InChI is InChI=1S/C16H21N3O2/c1-12-4-5-13(2)15(8-12)21-7-6-16(20)19(3)11-14-9-17-18-10-14/h4-5,8-10H,6-7,11H2,1-3H3,(H,17,18). The Hall–Kier alpha value is -2.30. The summed E-state index contributed by atoms with van der Waals surface area (Å²) in [6.07, 6.45) is 3.87. The largest absolute Gasteiger partial charge is 0.493 e. The second kappa shape index (κ2) is 6.92. The van der Waals surface area contributed by atoms with Crippen molar-refractivity contribution in [2.24, 2.45) is 0 Å². The van der Waals surface area contributed by atoms with Crippen LogP contribution in [-0.2, 0) is 11.3 Å². The Bertz CT molecular complexity index is 594. The van der Waals surface area contributed by atoms with Crippen LogP contribution in [0.1, 0.15) is 23.1 Å². The molecule has 5 nitrogen and oxygen atoms in total. The highest BCUT2D eigenvalue weighted by Gasteiger charge is 2.10. The zero-order valence-corrected chi connectivity index (χ0v) is 12.7. The molecule has 5 heteroatoms. The number of aromatic amines is 1. The van der Waals surface area contributed by atoms with Crippen LogP contribution in [0.15, 0.2) is 30.6 Å². The van der Waals surface area contributed by atoms with Gasteiger partial charge in [-0.05, 0) is 31.0 Å². The van der Waals surface area contributed by atoms with Crippen LogP contribution >= 0.6 is 0 Å². The summed E-state index contributed by atoms with van der Waals surface area (Å²) < 4.78 is 5.71. The van der Waals surface area contributed by atoms with Gasteiger partial charge in [0.25, 0.3) is 0 Å². The van der Waals surface area contributed by atoms with E-state index in [1.54, 1.807) is 24.3 Å². The Morgan fingerprint density at radius 1 is 1.38 bits per heavy atom. The van der Waals surface area contributed by atoms with Gasteiger partial charge in [-0.25, -0.2) is 0 Å². The highest BCUT2D eigenvalue weighted by Crippen LogP contribution is 2.19. The number of hydrogen-bond acceptors (Lipinski definition) is 3. The van der Waals surface area contributed by atoms with Gasteiger partial charge < -0.3 is 9.64 Å². The number of hydrogen-bond donors (Lipinski definition) is 1. The van der Waals surface area contributed by atoms with Crippen LogP contribution in [0.25, 0.3) is 0 Å². The molecule has 2 rings (SSSR count). The molecule has 0 atom stereocenters. The molecule has 0 bridgehead atoms. The Kier molecular flexibility index (Phi) is 4.98. The lowest BCUT2D eigenvalue weighted by Crippen LogP contribution is -2.27. The highest BCUT2D eigenvalue weighted by molar-refractivity contribution is 5.76. The second-order valence-corrected chi connectivity index (χ2v) is 5.22. The molecule has 2 aromatic rings. The maximum Gasteiger partial charge on any atom is 0.226 e. The van der Waals surface area contributed by atoms with Gasteiger partial charge in [-0.3, -0.25) is 9.89 Å². The van der Waals surface area contributed by atoms with Gasteiger partial charge in [-0.2, -0.15) is 5.10 Å².